The van der Waals surface area contributed by atoms with Crippen LogP contribution in [0.4, 0.5) is 0 Å². The summed E-state index contributed by atoms with van der Waals surface area (Å²) < 4.78 is 9.39. The highest BCUT2D eigenvalue weighted by molar-refractivity contribution is 5.95. The van der Waals surface area contributed by atoms with Gasteiger partial charge in [-0.2, -0.15) is 0 Å². The van der Waals surface area contributed by atoms with E-state index in [4.69, 9.17) is 19.7 Å². The van der Waals surface area contributed by atoms with Crippen molar-refractivity contribution in [2.75, 3.05) is 26.4 Å². The lowest BCUT2D eigenvalue weighted by Crippen LogP contribution is -2.37. The first-order chi connectivity index (χ1) is 7.62. The zero-order valence-electron chi connectivity index (χ0n) is 9.51. The zero-order valence-corrected chi connectivity index (χ0v) is 9.51. The van der Waals surface area contributed by atoms with Gasteiger partial charge in [0.15, 0.2) is 5.92 Å². The molecular weight excluding hydrogens is 216 g/mol. The number of aliphatic hydroxyl groups is 2. The van der Waals surface area contributed by atoms with Crippen molar-refractivity contribution in [1.29, 1.82) is 0 Å². The van der Waals surface area contributed by atoms with E-state index in [-0.39, 0.29) is 13.2 Å². The predicted octanol–water partition coefficient (Wildman–Crippen LogP) is -0.670. The summed E-state index contributed by atoms with van der Waals surface area (Å²) in [5.74, 6) is -3.73. The fourth-order valence-electron chi connectivity index (χ4n) is 1.21. The highest BCUT2D eigenvalue weighted by Crippen LogP contribution is 2.15. The third kappa shape index (κ3) is 4.16. The number of aliphatic hydroxyl groups excluding tert-OH is 2. The highest BCUT2D eigenvalue weighted by atomic mass is 16.6. The van der Waals surface area contributed by atoms with Crippen LogP contribution < -0.4 is 0 Å². The molecule has 0 fully saturated rings. The maximum atomic E-state index is 11.5. The molecule has 0 aromatic heterocycles. The molecule has 0 rings (SSSR count). The first-order valence-corrected chi connectivity index (χ1v) is 5.17. The summed E-state index contributed by atoms with van der Waals surface area (Å²) in [6, 6.07) is 0. The summed E-state index contributed by atoms with van der Waals surface area (Å²) in [6.45, 7) is 2.48. The third-order valence-corrected chi connectivity index (χ3v) is 2.02. The average molecular weight is 234 g/mol. The number of esters is 2. The highest BCUT2D eigenvalue weighted by Gasteiger charge is 2.36. The number of carbonyl (C=O) groups excluding carboxylic acids is 2. The minimum atomic E-state index is -1.27. The quantitative estimate of drug-likeness (QED) is 0.448. The van der Waals surface area contributed by atoms with Gasteiger partial charge in [0.05, 0.1) is 13.2 Å². The van der Waals surface area contributed by atoms with Crippen LogP contribution in [0.3, 0.4) is 0 Å². The molecule has 94 valence electrons. The average Bonchev–Trinajstić information content (AvgIpc) is 2.25. The van der Waals surface area contributed by atoms with Crippen molar-refractivity contribution in [3.8, 4) is 0 Å². The van der Waals surface area contributed by atoms with Gasteiger partial charge in [-0.15, -0.1) is 0 Å². The van der Waals surface area contributed by atoms with Gasteiger partial charge in [-0.3, -0.25) is 9.59 Å². The Morgan fingerprint density at radius 2 is 1.38 bits per heavy atom. The molecule has 0 amide bonds. The van der Waals surface area contributed by atoms with Crippen LogP contribution in [-0.4, -0.2) is 48.6 Å². The second-order valence-corrected chi connectivity index (χ2v) is 3.11. The molecule has 6 heteroatoms. The van der Waals surface area contributed by atoms with Crippen molar-refractivity contribution in [2.24, 2.45) is 11.8 Å². The molecule has 2 N–H and O–H groups in total. The molecule has 0 radical (unpaired) electrons. The Morgan fingerprint density at radius 1 is 1.00 bits per heavy atom. The van der Waals surface area contributed by atoms with Crippen LogP contribution in [0, 0.1) is 11.8 Å². The first-order valence-electron chi connectivity index (χ1n) is 5.17. The van der Waals surface area contributed by atoms with Gasteiger partial charge in [-0.05, 0) is 13.8 Å². The van der Waals surface area contributed by atoms with Crippen molar-refractivity contribution in [1.82, 2.24) is 0 Å². The molecule has 0 saturated carbocycles. The van der Waals surface area contributed by atoms with E-state index in [0.717, 1.165) is 0 Å². The van der Waals surface area contributed by atoms with E-state index in [2.05, 4.69) is 0 Å². The maximum Gasteiger partial charge on any atom is 0.320 e. The van der Waals surface area contributed by atoms with Crippen LogP contribution in [-0.2, 0) is 19.1 Å². The van der Waals surface area contributed by atoms with E-state index in [0.29, 0.717) is 0 Å². The van der Waals surface area contributed by atoms with Crippen LogP contribution in [0.1, 0.15) is 13.8 Å². The SMILES string of the molecule is CCOC(=O)C(C(=O)OCC)C(CO)CO. The van der Waals surface area contributed by atoms with Crippen molar-refractivity contribution >= 4 is 11.9 Å². The summed E-state index contributed by atoms with van der Waals surface area (Å²) in [4.78, 5) is 22.9. The molecule has 0 aromatic carbocycles. The number of carbonyl (C=O) groups is 2. The monoisotopic (exact) mass is 234 g/mol. The molecule has 0 atom stereocenters. The molecule has 0 aliphatic rings. The normalized spacial score (nSPS) is 10.6. The van der Waals surface area contributed by atoms with Gasteiger partial charge < -0.3 is 19.7 Å². The Kier molecular flexibility index (Phi) is 7.49. The Hall–Kier alpha value is -1.14. The third-order valence-electron chi connectivity index (χ3n) is 2.02. The Labute approximate surface area is 94.2 Å². The number of ether oxygens (including phenoxy) is 2. The van der Waals surface area contributed by atoms with Crippen molar-refractivity contribution < 1.29 is 29.3 Å². The summed E-state index contributed by atoms with van der Waals surface area (Å²) in [5, 5.41) is 17.9. The maximum absolute atomic E-state index is 11.5. The molecule has 0 unspecified atom stereocenters. The molecule has 0 spiro atoms. The van der Waals surface area contributed by atoms with E-state index in [1.807, 2.05) is 0 Å². The second-order valence-electron chi connectivity index (χ2n) is 3.11. The van der Waals surface area contributed by atoms with Crippen LogP contribution in [0.15, 0.2) is 0 Å². The fourth-order valence-corrected chi connectivity index (χ4v) is 1.21. The van der Waals surface area contributed by atoms with Crippen molar-refractivity contribution in [2.45, 2.75) is 13.8 Å². The number of rotatable bonds is 7. The van der Waals surface area contributed by atoms with Gasteiger partial charge in [-0.25, -0.2) is 0 Å². The summed E-state index contributed by atoms with van der Waals surface area (Å²) in [7, 11) is 0. The minimum absolute atomic E-state index is 0.123. The Balaban J connectivity index is 4.73. The van der Waals surface area contributed by atoms with E-state index >= 15 is 0 Å². The van der Waals surface area contributed by atoms with Gasteiger partial charge in [0.2, 0.25) is 0 Å². The number of hydrogen-bond donors (Lipinski definition) is 2. The molecule has 0 aliphatic heterocycles. The Morgan fingerprint density at radius 3 is 1.62 bits per heavy atom. The zero-order chi connectivity index (χ0) is 12.6. The summed E-state index contributed by atoms with van der Waals surface area (Å²) >= 11 is 0. The minimum Gasteiger partial charge on any atom is -0.465 e. The van der Waals surface area contributed by atoms with E-state index < -0.39 is 37.0 Å². The molecular formula is C10H18O6. The van der Waals surface area contributed by atoms with Crippen molar-refractivity contribution in [3.63, 3.8) is 0 Å². The van der Waals surface area contributed by atoms with Gasteiger partial charge >= 0.3 is 11.9 Å². The van der Waals surface area contributed by atoms with E-state index in [1.54, 1.807) is 13.8 Å². The van der Waals surface area contributed by atoms with Gasteiger partial charge in [0.25, 0.3) is 0 Å². The summed E-state index contributed by atoms with van der Waals surface area (Å²) in [5.41, 5.74) is 0. The van der Waals surface area contributed by atoms with Crippen LogP contribution >= 0.6 is 0 Å². The Bertz CT molecular complexity index is 205. The molecule has 16 heavy (non-hydrogen) atoms. The molecule has 0 saturated heterocycles. The molecule has 0 bridgehead atoms. The lowest BCUT2D eigenvalue weighted by atomic mass is 9.94. The molecule has 6 nitrogen and oxygen atoms in total. The van der Waals surface area contributed by atoms with Gasteiger partial charge in [0.1, 0.15) is 0 Å². The van der Waals surface area contributed by atoms with Gasteiger partial charge in [-0.1, -0.05) is 0 Å². The smallest absolute Gasteiger partial charge is 0.320 e. The molecule has 0 aliphatic carbocycles. The van der Waals surface area contributed by atoms with Gasteiger partial charge in [0, 0.05) is 19.1 Å². The lowest BCUT2D eigenvalue weighted by Gasteiger charge is -2.20. The van der Waals surface area contributed by atoms with Crippen LogP contribution in [0.5, 0.6) is 0 Å². The van der Waals surface area contributed by atoms with Crippen molar-refractivity contribution in [3.05, 3.63) is 0 Å². The van der Waals surface area contributed by atoms with Crippen LogP contribution in [0.2, 0.25) is 0 Å². The number of hydrogen-bond acceptors (Lipinski definition) is 6. The standard InChI is InChI=1S/C10H18O6/c1-3-15-9(13)8(7(5-11)6-12)10(14)16-4-2/h7-8,11-12H,3-6H2,1-2H3. The second kappa shape index (κ2) is 8.06. The lowest BCUT2D eigenvalue weighted by molar-refractivity contribution is -0.166. The molecule has 0 heterocycles. The largest absolute Gasteiger partial charge is 0.465 e. The molecule has 0 aromatic rings. The summed E-state index contributed by atoms with van der Waals surface area (Å²) in [6.07, 6.45) is 0. The topological polar surface area (TPSA) is 93.1 Å². The first kappa shape index (κ1) is 14.9. The van der Waals surface area contributed by atoms with E-state index in [1.165, 1.54) is 0 Å². The fraction of sp³-hybridized carbons (Fsp3) is 0.800. The van der Waals surface area contributed by atoms with Crippen LogP contribution in [0.25, 0.3) is 0 Å². The van der Waals surface area contributed by atoms with E-state index in [9.17, 15) is 9.59 Å². The predicted molar refractivity (Wildman–Crippen MR) is 54.4 cm³/mol.